The predicted octanol–water partition coefficient (Wildman–Crippen LogP) is 2.94. The van der Waals surface area contributed by atoms with Crippen molar-refractivity contribution in [1.82, 2.24) is 0 Å². The molecule has 0 radical (unpaired) electrons. The summed E-state index contributed by atoms with van der Waals surface area (Å²) in [7, 11) is 0. The summed E-state index contributed by atoms with van der Waals surface area (Å²) in [6, 6.07) is 4.00. The van der Waals surface area contributed by atoms with Gasteiger partial charge in [-0.2, -0.15) is 0 Å². The Hall–Kier alpha value is -1.13. The first-order valence-corrected chi connectivity index (χ1v) is 6.33. The molecule has 1 aromatic carbocycles. The molecule has 3 N–H and O–H groups in total. The number of rotatable bonds is 2. The molecule has 1 aliphatic rings. The molecular formula is C13H16ClFN2O. The van der Waals surface area contributed by atoms with E-state index in [-0.39, 0.29) is 17.6 Å². The minimum absolute atomic E-state index is 0.143. The van der Waals surface area contributed by atoms with Crippen molar-refractivity contribution in [3.05, 3.63) is 29.0 Å². The number of carbonyl (C=O) groups is 1. The van der Waals surface area contributed by atoms with Crippen LogP contribution in [0.2, 0.25) is 5.02 Å². The van der Waals surface area contributed by atoms with Crippen LogP contribution in [0.3, 0.4) is 0 Å². The largest absolute Gasteiger partial charge is 0.327 e. The van der Waals surface area contributed by atoms with E-state index in [1.807, 2.05) is 6.92 Å². The molecule has 2 unspecified atom stereocenters. The zero-order valence-electron chi connectivity index (χ0n) is 10.2. The number of hydrogen-bond acceptors (Lipinski definition) is 2. The molecule has 0 bridgehead atoms. The van der Waals surface area contributed by atoms with Crippen molar-refractivity contribution >= 4 is 23.2 Å². The minimum atomic E-state index is -0.619. The smallest absolute Gasteiger partial charge is 0.231 e. The lowest BCUT2D eigenvalue weighted by molar-refractivity contribution is -0.125. The minimum Gasteiger partial charge on any atom is -0.327 e. The van der Waals surface area contributed by atoms with Crippen LogP contribution >= 0.6 is 11.6 Å². The van der Waals surface area contributed by atoms with E-state index in [4.69, 9.17) is 17.3 Å². The maximum atomic E-state index is 13.6. The van der Waals surface area contributed by atoms with Gasteiger partial charge in [-0.05, 0) is 38.0 Å². The van der Waals surface area contributed by atoms with Crippen LogP contribution in [0.25, 0.3) is 0 Å². The van der Waals surface area contributed by atoms with E-state index in [2.05, 4.69) is 5.32 Å². The highest BCUT2D eigenvalue weighted by Gasteiger charge is 2.43. The highest BCUT2D eigenvalue weighted by Crippen LogP contribution is 2.37. The second-order valence-corrected chi connectivity index (χ2v) is 5.43. The van der Waals surface area contributed by atoms with Gasteiger partial charge in [-0.15, -0.1) is 0 Å². The van der Waals surface area contributed by atoms with Gasteiger partial charge in [0.2, 0.25) is 5.91 Å². The van der Waals surface area contributed by atoms with Gasteiger partial charge in [0.25, 0.3) is 0 Å². The van der Waals surface area contributed by atoms with Crippen LogP contribution in [-0.2, 0) is 4.79 Å². The van der Waals surface area contributed by atoms with Crippen LogP contribution < -0.4 is 11.1 Å². The van der Waals surface area contributed by atoms with Gasteiger partial charge in [-0.25, -0.2) is 4.39 Å². The molecule has 1 saturated carbocycles. The Balaban J connectivity index is 2.16. The van der Waals surface area contributed by atoms with Crippen molar-refractivity contribution in [1.29, 1.82) is 0 Å². The average molecular weight is 271 g/mol. The molecule has 2 atom stereocenters. The van der Waals surface area contributed by atoms with Gasteiger partial charge in [-0.3, -0.25) is 4.79 Å². The molecule has 1 aliphatic carbocycles. The van der Waals surface area contributed by atoms with Gasteiger partial charge in [0.1, 0.15) is 5.82 Å². The number of carbonyl (C=O) groups excluding carboxylic acids is 1. The van der Waals surface area contributed by atoms with Gasteiger partial charge in [0.05, 0.1) is 11.1 Å². The third-order valence-electron chi connectivity index (χ3n) is 3.73. The van der Waals surface area contributed by atoms with Crippen molar-refractivity contribution in [3.63, 3.8) is 0 Å². The number of nitrogens with two attached hydrogens (primary N) is 1. The topological polar surface area (TPSA) is 55.1 Å². The number of anilines is 1. The normalized spacial score (nSPS) is 27.2. The number of amides is 1. The predicted molar refractivity (Wildman–Crippen MR) is 70.0 cm³/mol. The summed E-state index contributed by atoms with van der Waals surface area (Å²) in [5.41, 5.74) is 5.48. The molecule has 2 rings (SSSR count). The summed E-state index contributed by atoms with van der Waals surface area (Å²) in [5, 5.41) is 2.90. The number of benzene rings is 1. The van der Waals surface area contributed by atoms with Crippen LogP contribution in [-0.4, -0.2) is 11.9 Å². The fraction of sp³-hybridized carbons (Fsp3) is 0.462. The lowest BCUT2D eigenvalue weighted by atomic mass is 9.84. The van der Waals surface area contributed by atoms with Crippen LogP contribution in [0.1, 0.15) is 26.2 Å². The lowest BCUT2D eigenvalue weighted by Gasteiger charge is -2.27. The van der Waals surface area contributed by atoms with Gasteiger partial charge < -0.3 is 11.1 Å². The van der Waals surface area contributed by atoms with Crippen LogP contribution in [0.4, 0.5) is 10.1 Å². The molecule has 1 amide bonds. The Morgan fingerprint density at radius 1 is 1.61 bits per heavy atom. The monoisotopic (exact) mass is 270 g/mol. The van der Waals surface area contributed by atoms with Crippen LogP contribution in [0, 0.1) is 11.2 Å². The van der Waals surface area contributed by atoms with Crippen LogP contribution in [0.15, 0.2) is 18.2 Å². The molecular weight excluding hydrogens is 255 g/mol. The van der Waals surface area contributed by atoms with Crippen molar-refractivity contribution in [2.75, 3.05) is 5.32 Å². The quantitative estimate of drug-likeness (QED) is 0.868. The zero-order chi connectivity index (χ0) is 13.3. The maximum Gasteiger partial charge on any atom is 0.231 e. The highest BCUT2D eigenvalue weighted by molar-refractivity contribution is 6.30. The van der Waals surface area contributed by atoms with Gasteiger partial charge in [-0.1, -0.05) is 18.0 Å². The summed E-state index contributed by atoms with van der Waals surface area (Å²) >= 11 is 5.66. The Morgan fingerprint density at radius 2 is 2.33 bits per heavy atom. The summed E-state index contributed by atoms with van der Waals surface area (Å²) in [5.74, 6) is -0.764. The number of hydrogen-bond donors (Lipinski definition) is 2. The molecule has 0 aromatic heterocycles. The fourth-order valence-electron chi connectivity index (χ4n) is 2.33. The Bertz CT molecular complexity index is 480. The van der Waals surface area contributed by atoms with E-state index in [9.17, 15) is 9.18 Å². The third-order valence-corrected chi connectivity index (χ3v) is 3.96. The molecule has 0 saturated heterocycles. The first kappa shape index (κ1) is 13.3. The van der Waals surface area contributed by atoms with Crippen LogP contribution in [0.5, 0.6) is 0 Å². The van der Waals surface area contributed by atoms with Gasteiger partial charge >= 0.3 is 0 Å². The van der Waals surface area contributed by atoms with E-state index >= 15 is 0 Å². The summed E-state index contributed by atoms with van der Waals surface area (Å²) in [6.07, 6.45) is 2.48. The molecule has 0 aliphatic heterocycles. The Kier molecular flexibility index (Phi) is 3.59. The van der Waals surface area contributed by atoms with Crippen molar-refractivity contribution < 1.29 is 9.18 Å². The summed E-state index contributed by atoms with van der Waals surface area (Å²) < 4.78 is 13.6. The van der Waals surface area contributed by atoms with E-state index in [0.717, 1.165) is 19.3 Å². The SMILES string of the molecule is CC1(C(=O)Nc2ccc(Cl)cc2F)CCCC1N. The highest BCUT2D eigenvalue weighted by atomic mass is 35.5. The summed E-state index contributed by atoms with van der Waals surface area (Å²) in [6.45, 7) is 1.83. The second-order valence-electron chi connectivity index (χ2n) is 4.99. The molecule has 18 heavy (non-hydrogen) atoms. The van der Waals surface area contributed by atoms with E-state index in [1.54, 1.807) is 0 Å². The molecule has 0 spiro atoms. The van der Waals surface area contributed by atoms with E-state index in [0.29, 0.717) is 5.02 Å². The summed E-state index contributed by atoms with van der Waals surface area (Å²) in [4.78, 5) is 12.2. The van der Waals surface area contributed by atoms with Crippen molar-refractivity contribution in [2.45, 2.75) is 32.2 Å². The molecule has 1 fully saturated rings. The molecule has 98 valence electrons. The van der Waals surface area contributed by atoms with Crippen molar-refractivity contribution in [2.24, 2.45) is 11.1 Å². The average Bonchev–Trinajstić information content (AvgIpc) is 2.64. The van der Waals surface area contributed by atoms with E-state index < -0.39 is 11.2 Å². The molecule has 1 aromatic rings. The lowest BCUT2D eigenvalue weighted by Crippen LogP contribution is -2.44. The zero-order valence-corrected chi connectivity index (χ0v) is 10.9. The number of nitrogens with one attached hydrogen (secondary N) is 1. The standard InChI is InChI=1S/C13H16ClFN2O/c1-13(6-2-3-11(13)16)12(18)17-10-5-4-8(14)7-9(10)15/h4-5,7,11H,2-3,6,16H2,1H3,(H,17,18). The van der Waals surface area contributed by atoms with E-state index in [1.165, 1.54) is 18.2 Å². The Labute approximate surface area is 111 Å². The fourth-order valence-corrected chi connectivity index (χ4v) is 2.49. The number of halogens is 2. The third kappa shape index (κ3) is 2.35. The Morgan fingerprint density at radius 3 is 2.89 bits per heavy atom. The van der Waals surface area contributed by atoms with Gasteiger partial charge in [0, 0.05) is 11.1 Å². The first-order chi connectivity index (χ1) is 8.43. The van der Waals surface area contributed by atoms with Crippen molar-refractivity contribution in [3.8, 4) is 0 Å². The van der Waals surface area contributed by atoms with Gasteiger partial charge in [0.15, 0.2) is 0 Å². The molecule has 0 heterocycles. The second kappa shape index (κ2) is 4.86. The maximum absolute atomic E-state index is 13.6. The first-order valence-electron chi connectivity index (χ1n) is 5.95. The molecule has 3 nitrogen and oxygen atoms in total. The molecule has 5 heteroatoms.